The summed E-state index contributed by atoms with van der Waals surface area (Å²) in [5.41, 5.74) is 8.85. The molecule has 19 heavy (non-hydrogen) atoms. The molecule has 1 aromatic carbocycles. The number of nitrogens with two attached hydrogens (primary N) is 1. The molecular formula is C15H20BrNO2. The summed E-state index contributed by atoms with van der Waals surface area (Å²) in [4.78, 5) is 0. The van der Waals surface area contributed by atoms with Crippen molar-refractivity contribution in [3.63, 3.8) is 0 Å². The van der Waals surface area contributed by atoms with Gasteiger partial charge in [0.25, 0.3) is 0 Å². The molecule has 2 aliphatic rings. The number of fused-ring (bicyclic) bond motifs is 1. The van der Waals surface area contributed by atoms with Crippen LogP contribution < -0.4 is 15.2 Å². The predicted octanol–water partition coefficient (Wildman–Crippen LogP) is 3.68. The predicted molar refractivity (Wildman–Crippen MR) is 78.9 cm³/mol. The Bertz CT molecular complexity index is 504. The summed E-state index contributed by atoms with van der Waals surface area (Å²) in [5.74, 6) is 2.17. The normalized spacial score (nSPS) is 19.6. The molecule has 0 aromatic heterocycles. The van der Waals surface area contributed by atoms with Gasteiger partial charge in [-0.3, -0.25) is 0 Å². The van der Waals surface area contributed by atoms with E-state index in [1.807, 2.05) is 0 Å². The summed E-state index contributed by atoms with van der Waals surface area (Å²) in [6, 6.07) is 2.20. The molecule has 1 fully saturated rings. The minimum atomic E-state index is 0.142. The number of ether oxygens (including phenoxy) is 2. The molecule has 104 valence electrons. The molecule has 3 rings (SSSR count). The van der Waals surface area contributed by atoms with E-state index in [4.69, 9.17) is 15.2 Å². The highest BCUT2D eigenvalue weighted by atomic mass is 79.9. The van der Waals surface area contributed by atoms with Crippen LogP contribution in [0.3, 0.4) is 0 Å². The molecule has 1 aromatic rings. The van der Waals surface area contributed by atoms with Crippen molar-refractivity contribution < 1.29 is 9.47 Å². The van der Waals surface area contributed by atoms with Crippen molar-refractivity contribution in [3.05, 3.63) is 21.7 Å². The lowest BCUT2D eigenvalue weighted by Gasteiger charge is -2.43. The van der Waals surface area contributed by atoms with Crippen molar-refractivity contribution in [2.24, 2.45) is 5.73 Å². The van der Waals surface area contributed by atoms with Crippen LogP contribution in [0.25, 0.3) is 0 Å². The largest absolute Gasteiger partial charge is 0.453 e. The summed E-state index contributed by atoms with van der Waals surface area (Å²) < 4.78 is 12.3. The van der Waals surface area contributed by atoms with Crippen molar-refractivity contribution in [3.8, 4) is 11.5 Å². The molecule has 1 saturated carbocycles. The monoisotopic (exact) mass is 325 g/mol. The maximum atomic E-state index is 6.08. The van der Waals surface area contributed by atoms with E-state index in [0.717, 1.165) is 16.0 Å². The fourth-order valence-corrected chi connectivity index (χ4v) is 3.77. The van der Waals surface area contributed by atoms with Crippen LogP contribution >= 0.6 is 15.9 Å². The van der Waals surface area contributed by atoms with Crippen LogP contribution in [0.2, 0.25) is 0 Å². The summed E-state index contributed by atoms with van der Waals surface area (Å²) in [5, 5.41) is 0. The van der Waals surface area contributed by atoms with Crippen LogP contribution in [0, 0.1) is 0 Å². The third-order valence-electron chi connectivity index (χ3n) is 4.49. The van der Waals surface area contributed by atoms with Crippen molar-refractivity contribution in [1.82, 2.24) is 0 Å². The third-order valence-corrected chi connectivity index (χ3v) is 5.07. The summed E-state index contributed by atoms with van der Waals surface area (Å²) in [7, 11) is 0. The molecule has 2 N–H and O–H groups in total. The number of halogens is 1. The van der Waals surface area contributed by atoms with Gasteiger partial charge in [0.05, 0.1) is 4.47 Å². The van der Waals surface area contributed by atoms with Gasteiger partial charge in [0.15, 0.2) is 11.5 Å². The van der Waals surface area contributed by atoms with Crippen molar-refractivity contribution in [2.45, 2.75) is 44.4 Å². The van der Waals surface area contributed by atoms with Gasteiger partial charge in [-0.05, 0) is 46.3 Å². The van der Waals surface area contributed by atoms with Gasteiger partial charge in [-0.1, -0.05) is 20.3 Å². The quantitative estimate of drug-likeness (QED) is 0.921. The van der Waals surface area contributed by atoms with Crippen LogP contribution in [0.15, 0.2) is 10.5 Å². The van der Waals surface area contributed by atoms with E-state index in [0.29, 0.717) is 19.3 Å². The van der Waals surface area contributed by atoms with Crippen LogP contribution in [-0.2, 0) is 5.41 Å². The second-order valence-corrected chi connectivity index (χ2v) is 6.73. The van der Waals surface area contributed by atoms with Gasteiger partial charge >= 0.3 is 0 Å². The van der Waals surface area contributed by atoms with Crippen LogP contribution in [-0.4, -0.2) is 13.3 Å². The molecule has 0 radical (unpaired) electrons. The number of rotatable bonds is 3. The van der Waals surface area contributed by atoms with E-state index in [1.165, 1.54) is 30.4 Å². The van der Waals surface area contributed by atoms with Gasteiger partial charge in [-0.2, -0.15) is 0 Å². The van der Waals surface area contributed by atoms with Crippen LogP contribution in [0.4, 0.5) is 0 Å². The number of benzene rings is 1. The zero-order chi connectivity index (χ0) is 13.6. The van der Waals surface area contributed by atoms with Gasteiger partial charge in [0, 0.05) is 17.5 Å². The zero-order valence-electron chi connectivity index (χ0n) is 11.5. The van der Waals surface area contributed by atoms with E-state index in [9.17, 15) is 0 Å². The minimum absolute atomic E-state index is 0.142. The lowest BCUT2D eigenvalue weighted by atomic mass is 9.62. The average Bonchev–Trinajstić information content (AvgIpc) is 2.77. The van der Waals surface area contributed by atoms with E-state index < -0.39 is 0 Å². The molecule has 4 heteroatoms. The second-order valence-electron chi connectivity index (χ2n) is 5.88. The molecule has 0 amide bonds. The Hall–Kier alpha value is -0.740. The van der Waals surface area contributed by atoms with Gasteiger partial charge in [0.1, 0.15) is 0 Å². The summed E-state index contributed by atoms with van der Waals surface area (Å²) >= 11 is 3.61. The Labute approximate surface area is 122 Å². The van der Waals surface area contributed by atoms with Crippen molar-refractivity contribution >= 4 is 15.9 Å². The molecule has 0 saturated heterocycles. The topological polar surface area (TPSA) is 44.5 Å². The van der Waals surface area contributed by atoms with Crippen LogP contribution in [0.1, 0.15) is 50.2 Å². The Morgan fingerprint density at radius 2 is 2.00 bits per heavy atom. The molecule has 0 unspecified atom stereocenters. The summed E-state index contributed by atoms with van der Waals surface area (Å²) in [6.45, 7) is 5.43. The third kappa shape index (κ3) is 1.88. The van der Waals surface area contributed by atoms with Gasteiger partial charge < -0.3 is 15.2 Å². The highest BCUT2D eigenvalue weighted by Gasteiger charge is 2.41. The van der Waals surface area contributed by atoms with Crippen LogP contribution in [0.5, 0.6) is 11.5 Å². The van der Waals surface area contributed by atoms with E-state index in [-0.39, 0.29) is 5.41 Å². The molecule has 3 nitrogen and oxygen atoms in total. The van der Waals surface area contributed by atoms with Crippen molar-refractivity contribution in [1.29, 1.82) is 0 Å². The highest BCUT2D eigenvalue weighted by Crippen LogP contribution is 2.53. The lowest BCUT2D eigenvalue weighted by Crippen LogP contribution is -2.42. The maximum absolute atomic E-state index is 6.08. The lowest BCUT2D eigenvalue weighted by molar-refractivity contribution is 0.172. The molecule has 0 spiro atoms. The fourth-order valence-electron chi connectivity index (χ4n) is 3.25. The van der Waals surface area contributed by atoms with Gasteiger partial charge in [-0.15, -0.1) is 0 Å². The number of hydrogen-bond acceptors (Lipinski definition) is 3. The molecule has 0 atom stereocenters. The second kappa shape index (κ2) is 4.67. The fraction of sp³-hybridized carbons (Fsp3) is 0.600. The Morgan fingerprint density at radius 1 is 1.32 bits per heavy atom. The average molecular weight is 326 g/mol. The highest BCUT2D eigenvalue weighted by molar-refractivity contribution is 9.10. The van der Waals surface area contributed by atoms with Gasteiger partial charge in [0.2, 0.25) is 6.79 Å². The Kier molecular flexibility index (Phi) is 3.26. The standard InChI is InChI=1S/C15H20BrNO2/c1-9(2)12-10(15(7-17)4-3-5-15)6-11(16)13-14(12)19-8-18-13/h6,9H,3-5,7-8,17H2,1-2H3. The SMILES string of the molecule is CC(C)c1c(C2(CN)CCC2)cc(Br)c2c1OCO2. The first kappa shape index (κ1) is 13.3. The first-order chi connectivity index (χ1) is 9.09. The zero-order valence-corrected chi connectivity index (χ0v) is 13.0. The first-order valence-electron chi connectivity index (χ1n) is 6.91. The number of hydrogen-bond donors (Lipinski definition) is 1. The Morgan fingerprint density at radius 3 is 2.53 bits per heavy atom. The maximum Gasteiger partial charge on any atom is 0.231 e. The molecule has 1 aliphatic carbocycles. The molecule has 1 aliphatic heterocycles. The van der Waals surface area contributed by atoms with Crippen molar-refractivity contribution in [2.75, 3.05) is 13.3 Å². The molecular weight excluding hydrogens is 306 g/mol. The minimum Gasteiger partial charge on any atom is -0.453 e. The first-order valence-corrected chi connectivity index (χ1v) is 7.71. The Balaban J connectivity index is 2.21. The van der Waals surface area contributed by atoms with E-state index in [1.54, 1.807) is 0 Å². The van der Waals surface area contributed by atoms with Gasteiger partial charge in [-0.25, -0.2) is 0 Å². The molecule has 1 heterocycles. The van der Waals surface area contributed by atoms with E-state index >= 15 is 0 Å². The molecule has 0 bridgehead atoms. The van der Waals surface area contributed by atoms with E-state index in [2.05, 4.69) is 35.8 Å². The summed E-state index contributed by atoms with van der Waals surface area (Å²) in [6.07, 6.45) is 3.62. The smallest absolute Gasteiger partial charge is 0.231 e.